The van der Waals surface area contributed by atoms with Gasteiger partial charge in [-0.25, -0.2) is 4.79 Å². The van der Waals surface area contributed by atoms with Gasteiger partial charge in [0.25, 0.3) is 0 Å². The number of benzene rings is 1. The first kappa shape index (κ1) is 15.5. The highest BCUT2D eigenvalue weighted by molar-refractivity contribution is 5.75. The normalized spacial score (nSPS) is 11.4. The van der Waals surface area contributed by atoms with Crippen LogP contribution >= 0.6 is 0 Å². The third kappa shape index (κ3) is 4.89. The molecule has 0 saturated carbocycles. The molecule has 0 radical (unpaired) electrons. The van der Waals surface area contributed by atoms with Gasteiger partial charge >= 0.3 is 6.03 Å². The minimum Gasteiger partial charge on any atom is -0.354 e. The van der Waals surface area contributed by atoms with Crippen LogP contribution in [0.5, 0.6) is 0 Å². The van der Waals surface area contributed by atoms with Crippen molar-refractivity contribution in [2.75, 3.05) is 20.8 Å². The van der Waals surface area contributed by atoms with Gasteiger partial charge < -0.3 is 20.1 Å². The fourth-order valence-electron chi connectivity index (χ4n) is 1.69. The maximum Gasteiger partial charge on any atom is 0.315 e. The molecule has 1 aromatic rings. The summed E-state index contributed by atoms with van der Waals surface area (Å²) >= 11 is 0. The Kier molecular flexibility index (Phi) is 5.79. The molecular weight excluding hydrogens is 244 g/mol. The molecule has 5 heteroatoms. The topological polar surface area (TPSA) is 59.6 Å². The van der Waals surface area contributed by atoms with Crippen LogP contribution in [-0.2, 0) is 15.0 Å². The minimum absolute atomic E-state index is 0.257. The molecule has 0 unspecified atom stereocenters. The second-order valence-electron chi connectivity index (χ2n) is 4.73. The summed E-state index contributed by atoms with van der Waals surface area (Å²) in [5.74, 6) is 0. The number of methoxy groups -OCH3 is 2. The average molecular weight is 266 g/mol. The van der Waals surface area contributed by atoms with Crippen molar-refractivity contribution in [3.8, 4) is 0 Å². The first-order valence-electron chi connectivity index (χ1n) is 6.16. The Balaban J connectivity index is 2.52. The van der Waals surface area contributed by atoms with E-state index in [2.05, 4.69) is 10.6 Å². The highest BCUT2D eigenvalue weighted by Gasteiger charge is 2.22. The van der Waals surface area contributed by atoms with Crippen LogP contribution in [0, 0.1) is 0 Å². The summed E-state index contributed by atoms with van der Waals surface area (Å²) in [6, 6.07) is 9.54. The summed E-state index contributed by atoms with van der Waals surface area (Å²) < 4.78 is 10.00. The van der Waals surface area contributed by atoms with E-state index in [0.717, 1.165) is 5.56 Å². The molecule has 5 nitrogen and oxygen atoms in total. The van der Waals surface area contributed by atoms with Gasteiger partial charge in [0.15, 0.2) is 6.29 Å². The summed E-state index contributed by atoms with van der Waals surface area (Å²) in [6.45, 7) is 4.20. The van der Waals surface area contributed by atoms with Gasteiger partial charge in [0, 0.05) is 14.2 Å². The molecule has 0 saturated heterocycles. The Bertz CT molecular complexity index is 389. The Labute approximate surface area is 114 Å². The lowest BCUT2D eigenvalue weighted by Crippen LogP contribution is -2.48. The Morgan fingerprint density at radius 3 is 2.32 bits per heavy atom. The average Bonchev–Trinajstić information content (AvgIpc) is 2.40. The molecular formula is C14H22N2O3. The van der Waals surface area contributed by atoms with E-state index >= 15 is 0 Å². The molecule has 0 aliphatic carbocycles. The standard InChI is InChI=1S/C14H22N2O3/c1-14(2,11-8-6-5-7-9-11)16-13(17)15-10-12(18-3)19-4/h5-9,12H,10H2,1-4H3,(H2,15,16,17). The third-order valence-electron chi connectivity index (χ3n) is 2.88. The molecule has 0 heterocycles. The maximum absolute atomic E-state index is 11.8. The number of ether oxygens (including phenoxy) is 2. The van der Waals surface area contributed by atoms with Crippen LogP contribution in [-0.4, -0.2) is 33.1 Å². The van der Waals surface area contributed by atoms with Crippen LogP contribution in [0.15, 0.2) is 30.3 Å². The van der Waals surface area contributed by atoms with E-state index in [1.807, 2.05) is 44.2 Å². The fourth-order valence-corrected chi connectivity index (χ4v) is 1.69. The summed E-state index contributed by atoms with van der Waals surface area (Å²) in [4.78, 5) is 11.8. The highest BCUT2D eigenvalue weighted by atomic mass is 16.7. The van der Waals surface area contributed by atoms with E-state index in [-0.39, 0.29) is 6.03 Å². The molecule has 2 N–H and O–H groups in total. The van der Waals surface area contributed by atoms with Crippen molar-refractivity contribution in [3.05, 3.63) is 35.9 Å². The van der Waals surface area contributed by atoms with Crippen molar-refractivity contribution in [1.29, 1.82) is 0 Å². The molecule has 1 rings (SSSR count). The second kappa shape index (κ2) is 7.11. The number of carbonyl (C=O) groups is 1. The Hall–Kier alpha value is -1.59. The van der Waals surface area contributed by atoms with Gasteiger partial charge in [-0.1, -0.05) is 30.3 Å². The van der Waals surface area contributed by atoms with Crippen molar-refractivity contribution >= 4 is 6.03 Å². The number of rotatable bonds is 6. The smallest absolute Gasteiger partial charge is 0.315 e. The Morgan fingerprint density at radius 1 is 1.21 bits per heavy atom. The van der Waals surface area contributed by atoms with E-state index in [9.17, 15) is 4.79 Å². The molecule has 0 spiro atoms. The molecule has 0 atom stereocenters. The zero-order valence-electron chi connectivity index (χ0n) is 11.9. The number of hydrogen-bond acceptors (Lipinski definition) is 3. The Morgan fingerprint density at radius 2 is 1.79 bits per heavy atom. The first-order chi connectivity index (χ1) is 8.99. The molecule has 0 aromatic heterocycles. The maximum atomic E-state index is 11.8. The van der Waals surface area contributed by atoms with Gasteiger partial charge in [0.2, 0.25) is 0 Å². The van der Waals surface area contributed by atoms with Crippen LogP contribution in [0.25, 0.3) is 0 Å². The number of carbonyl (C=O) groups excluding carboxylic acids is 1. The van der Waals surface area contributed by atoms with Gasteiger partial charge in [0.1, 0.15) is 0 Å². The SMILES string of the molecule is COC(CNC(=O)NC(C)(C)c1ccccc1)OC. The minimum atomic E-state index is -0.443. The lowest BCUT2D eigenvalue weighted by atomic mass is 9.95. The molecule has 19 heavy (non-hydrogen) atoms. The molecule has 0 fully saturated rings. The van der Waals surface area contributed by atoms with Crippen molar-refractivity contribution < 1.29 is 14.3 Å². The summed E-state index contributed by atoms with van der Waals surface area (Å²) in [5, 5.41) is 5.63. The van der Waals surface area contributed by atoms with E-state index in [0.29, 0.717) is 6.54 Å². The molecule has 2 amide bonds. The second-order valence-corrected chi connectivity index (χ2v) is 4.73. The van der Waals surface area contributed by atoms with E-state index in [1.54, 1.807) is 0 Å². The molecule has 0 bridgehead atoms. The number of amides is 2. The zero-order chi connectivity index (χ0) is 14.3. The highest BCUT2D eigenvalue weighted by Crippen LogP contribution is 2.18. The molecule has 0 aliphatic heterocycles. The summed E-state index contributed by atoms with van der Waals surface area (Å²) in [5.41, 5.74) is 0.598. The summed E-state index contributed by atoms with van der Waals surface area (Å²) in [7, 11) is 3.06. The predicted octanol–water partition coefficient (Wildman–Crippen LogP) is 1.84. The molecule has 1 aromatic carbocycles. The van der Waals surface area contributed by atoms with Crippen molar-refractivity contribution in [2.24, 2.45) is 0 Å². The van der Waals surface area contributed by atoms with Crippen LogP contribution in [0.1, 0.15) is 19.4 Å². The molecule has 106 valence electrons. The van der Waals surface area contributed by atoms with E-state index < -0.39 is 11.8 Å². The van der Waals surface area contributed by atoms with Crippen LogP contribution in [0.4, 0.5) is 4.79 Å². The van der Waals surface area contributed by atoms with E-state index in [4.69, 9.17) is 9.47 Å². The quantitative estimate of drug-likeness (QED) is 0.772. The van der Waals surface area contributed by atoms with Crippen LogP contribution in [0.3, 0.4) is 0 Å². The van der Waals surface area contributed by atoms with Gasteiger partial charge in [-0.05, 0) is 19.4 Å². The lowest BCUT2D eigenvalue weighted by Gasteiger charge is -2.27. The van der Waals surface area contributed by atoms with Crippen LogP contribution in [0.2, 0.25) is 0 Å². The van der Waals surface area contributed by atoms with Gasteiger partial charge in [-0.15, -0.1) is 0 Å². The predicted molar refractivity (Wildman–Crippen MR) is 73.8 cm³/mol. The van der Waals surface area contributed by atoms with Gasteiger partial charge in [0.05, 0.1) is 12.1 Å². The lowest BCUT2D eigenvalue weighted by molar-refractivity contribution is -0.0972. The van der Waals surface area contributed by atoms with Crippen molar-refractivity contribution in [2.45, 2.75) is 25.7 Å². The van der Waals surface area contributed by atoms with Gasteiger partial charge in [-0.2, -0.15) is 0 Å². The van der Waals surface area contributed by atoms with Crippen molar-refractivity contribution in [3.63, 3.8) is 0 Å². The summed E-state index contributed by atoms with van der Waals surface area (Å²) in [6.07, 6.45) is -0.439. The molecule has 0 aliphatic rings. The van der Waals surface area contributed by atoms with Crippen LogP contribution < -0.4 is 10.6 Å². The van der Waals surface area contributed by atoms with Gasteiger partial charge in [-0.3, -0.25) is 0 Å². The monoisotopic (exact) mass is 266 g/mol. The third-order valence-corrected chi connectivity index (χ3v) is 2.88. The number of hydrogen-bond donors (Lipinski definition) is 2. The largest absolute Gasteiger partial charge is 0.354 e. The van der Waals surface area contributed by atoms with Crippen molar-refractivity contribution in [1.82, 2.24) is 10.6 Å². The zero-order valence-corrected chi connectivity index (χ0v) is 11.9. The number of nitrogens with one attached hydrogen (secondary N) is 2. The number of urea groups is 1. The van der Waals surface area contributed by atoms with E-state index in [1.165, 1.54) is 14.2 Å². The fraction of sp³-hybridized carbons (Fsp3) is 0.500. The first-order valence-corrected chi connectivity index (χ1v) is 6.16.